The first-order valence-corrected chi connectivity index (χ1v) is 10.5. The number of carbonyl (C=O) groups is 1. The minimum atomic E-state index is -0.188. The van der Waals surface area contributed by atoms with Crippen LogP contribution < -0.4 is 10.6 Å². The summed E-state index contributed by atoms with van der Waals surface area (Å²) in [6.45, 7) is 5.20. The molecule has 2 aromatic carbocycles. The van der Waals surface area contributed by atoms with E-state index < -0.39 is 0 Å². The van der Waals surface area contributed by atoms with Gasteiger partial charge in [0.1, 0.15) is 0 Å². The van der Waals surface area contributed by atoms with Crippen molar-refractivity contribution in [1.82, 2.24) is 9.88 Å². The number of likely N-dealkylation sites (N-methyl/N-ethyl adjacent to an activating group) is 1. The van der Waals surface area contributed by atoms with Crippen LogP contribution in [0.1, 0.15) is 30.1 Å². The molecule has 0 bridgehead atoms. The third-order valence-corrected chi connectivity index (χ3v) is 5.79. The van der Waals surface area contributed by atoms with Crippen molar-refractivity contribution in [3.05, 3.63) is 65.3 Å². The Balaban J connectivity index is 1.63. The molecule has 1 unspecified atom stereocenters. The highest BCUT2D eigenvalue weighted by Gasteiger charge is 2.24. The zero-order chi connectivity index (χ0) is 20.2. The molecule has 0 spiro atoms. The summed E-state index contributed by atoms with van der Waals surface area (Å²) >= 11 is 5.95. The van der Waals surface area contributed by atoms with Gasteiger partial charge >= 0.3 is 0 Å². The monoisotopic (exact) mass is 408 g/mol. The molecule has 1 fully saturated rings. The first-order chi connectivity index (χ1) is 14.2. The van der Waals surface area contributed by atoms with Crippen molar-refractivity contribution in [2.75, 3.05) is 30.3 Å². The van der Waals surface area contributed by atoms with Crippen molar-refractivity contribution in [2.45, 2.75) is 25.8 Å². The number of hydrogen-bond acceptors (Lipinski definition) is 4. The number of fused-ring (bicyclic) bond motifs is 1. The number of nitrogens with one attached hydrogen (secondary N) is 2. The van der Waals surface area contributed by atoms with Crippen LogP contribution in [0.15, 0.2) is 54.7 Å². The van der Waals surface area contributed by atoms with Crippen LogP contribution in [0.25, 0.3) is 10.9 Å². The maximum Gasteiger partial charge on any atom is 0.259 e. The number of halogens is 1. The number of likely N-dealkylation sites (tertiary alicyclic amines) is 1. The molecule has 2 N–H and O–H groups in total. The molecule has 5 nitrogen and oxygen atoms in total. The minimum absolute atomic E-state index is 0.188. The van der Waals surface area contributed by atoms with Crippen molar-refractivity contribution in [1.29, 1.82) is 0 Å². The van der Waals surface area contributed by atoms with Crippen LogP contribution in [0.3, 0.4) is 0 Å². The lowest BCUT2D eigenvalue weighted by molar-refractivity contribution is 0.102. The molecule has 1 aliphatic rings. The molecule has 29 heavy (non-hydrogen) atoms. The number of pyridine rings is 1. The zero-order valence-corrected chi connectivity index (χ0v) is 17.2. The van der Waals surface area contributed by atoms with Gasteiger partial charge in [0.05, 0.1) is 16.8 Å². The average Bonchev–Trinajstić information content (AvgIpc) is 3.21. The predicted octanol–water partition coefficient (Wildman–Crippen LogP) is 5.04. The number of para-hydroxylation sites is 1. The summed E-state index contributed by atoms with van der Waals surface area (Å²) in [6, 6.07) is 15.5. The number of rotatable bonds is 6. The Labute approximate surface area is 176 Å². The topological polar surface area (TPSA) is 57.3 Å². The maximum atomic E-state index is 13.0. The van der Waals surface area contributed by atoms with Crippen molar-refractivity contribution in [3.8, 4) is 0 Å². The highest BCUT2D eigenvalue weighted by atomic mass is 35.5. The summed E-state index contributed by atoms with van der Waals surface area (Å²) in [6.07, 6.45) is 4.06. The van der Waals surface area contributed by atoms with Crippen LogP contribution in [0.5, 0.6) is 0 Å². The van der Waals surface area contributed by atoms with Gasteiger partial charge in [-0.25, -0.2) is 0 Å². The molecule has 1 aromatic heterocycles. The lowest BCUT2D eigenvalue weighted by atomic mass is 10.1. The Morgan fingerprint density at radius 1 is 1.21 bits per heavy atom. The van der Waals surface area contributed by atoms with Crippen LogP contribution in [0.4, 0.5) is 11.4 Å². The fourth-order valence-corrected chi connectivity index (χ4v) is 4.12. The van der Waals surface area contributed by atoms with E-state index in [1.54, 1.807) is 30.5 Å². The summed E-state index contributed by atoms with van der Waals surface area (Å²) in [7, 11) is 0. The van der Waals surface area contributed by atoms with Crippen molar-refractivity contribution >= 4 is 39.8 Å². The summed E-state index contributed by atoms with van der Waals surface area (Å²) in [5.41, 5.74) is 2.95. The Morgan fingerprint density at radius 2 is 2.00 bits per heavy atom. The molecule has 1 atom stereocenters. The minimum Gasteiger partial charge on any atom is -0.382 e. The van der Waals surface area contributed by atoms with Gasteiger partial charge in [-0.1, -0.05) is 36.7 Å². The lowest BCUT2D eigenvalue weighted by Gasteiger charge is -2.24. The number of aromatic nitrogens is 1. The molecule has 1 aliphatic heterocycles. The second-order valence-electron chi connectivity index (χ2n) is 7.33. The molecule has 2 heterocycles. The third-order valence-electron chi connectivity index (χ3n) is 5.54. The van der Waals surface area contributed by atoms with Crippen LogP contribution in [0, 0.1) is 0 Å². The first kappa shape index (κ1) is 19.7. The van der Waals surface area contributed by atoms with Gasteiger partial charge in [-0.2, -0.15) is 0 Å². The van der Waals surface area contributed by atoms with E-state index in [0.29, 0.717) is 22.3 Å². The molecule has 1 amide bonds. The average molecular weight is 409 g/mol. The Hall–Kier alpha value is -2.63. The molecule has 0 aliphatic carbocycles. The molecule has 3 aromatic rings. The molecule has 4 rings (SSSR count). The fraction of sp³-hybridized carbons (Fsp3) is 0.304. The number of hydrogen-bond donors (Lipinski definition) is 2. The van der Waals surface area contributed by atoms with Crippen molar-refractivity contribution in [3.63, 3.8) is 0 Å². The van der Waals surface area contributed by atoms with E-state index in [-0.39, 0.29) is 5.91 Å². The first-order valence-electron chi connectivity index (χ1n) is 10.1. The van der Waals surface area contributed by atoms with Gasteiger partial charge in [-0.3, -0.25) is 14.7 Å². The number of carbonyl (C=O) groups excluding carboxylic acids is 1. The maximum absolute atomic E-state index is 13.0. The zero-order valence-electron chi connectivity index (χ0n) is 16.5. The second kappa shape index (κ2) is 8.80. The van der Waals surface area contributed by atoms with Gasteiger partial charge in [0, 0.05) is 34.9 Å². The SMILES string of the molecule is CCN1CCCC1CNc1c(C(=O)Nc2ccc(Cl)cc2)cnc2ccccc12. The summed E-state index contributed by atoms with van der Waals surface area (Å²) in [5, 5.41) is 8.12. The van der Waals surface area contributed by atoms with Crippen LogP contribution in [0.2, 0.25) is 5.02 Å². The third kappa shape index (κ3) is 4.36. The van der Waals surface area contributed by atoms with E-state index in [2.05, 4.69) is 27.4 Å². The summed E-state index contributed by atoms with van der Waals surface area (Å²) < 4.78 is 0. The highest BCUT2D eigenvalue weighted by Crippen LogP contribution is 2.28. The number of amides is 1. The van der Waals surface area contributed by atoms with E-state index in [9.17, 15) is 4.79 Å². The largest absolute Gasteiger partial charge is 0.382 e. The Morgan fingerprint density at radius 3 is 2.79 bits per heavy atom. The predicted molar refractivity (Wildman–Crippen MR) is 120 cm³/mol. The van der Waals surface area contributed by atoms with E-state index in [4.69, 9.17) is 11.6 Å². The molecule has 0 radical (unpaired) electrons. The molecule has 0 saturated carbocycles. The van der Waals surface area contributed by atoms with E-state index in [0.717, 1.165) is 36.2 Å². The van der Waals surface area contributed by atoms with Gasteiger partial charge in [0.25, 0.3) is 5.91 Å². The van der Waals surface area contributed by atoms with Crippen LogP contribution >= 0.6 is 11.6 Å². The number of nitrogens with zero attached hydrogens (tertiary/aromatic N) is 2. The van der Waals surface area contributed by atoms with Gasteiger partial charge in [0.15, 0.2) is 0 Å². The van der Waals surface area contributed by atoms with Crippen LogP contribution in [-0.2, 0) is 0 Å². The normalized spacial score (nSPS) is 16.8. The Bertz CT molecular complexity index is 1010. The number of anilines is 2. The molecular formula is C23H25ClN4O. The molecular weight excluding hydrogens is 384 g/mol. The lowest BCUT2D eigenvalue weighted by Crippen LogP contribution is -2.35. The molecule has 1 saturated heterocycles. The smallest absolute Gasteiger partial charge is 0.259 e. The van der Waals surface area contributed by atoms with Gasteiger partial charge in [0.2, 0.25) is 0 Å². The van der Waals surface area contributed by atoms with Crippen molar-refractivity contribution < 1.29 is 4.79 Å². The van der Waals surface area contributed by atoms with Crippen LogP contribution in [-0.4, -0.2) is 41.5 Å². The van der Waals surface area contributed by atoms with E-state index >= 15 is 0 Å². The quantitative estimate of drug-likeness (QED) is 0.600. The van der Waals surface area contributed by atoms with E-state index in [1.165, 1.54) is 12.8 Å². The standard InChI is InChI=1S/C23H25ClN4O/c1-2-28-13-5-6-18(28)14-26-22-19-7-3-4-8-21(19)25-15-20(22)23(29)27-17-11-9-16(24)10-12-17/h3-4,7-12,15,18H,2,5-6,13-14H2,1H3,(H,25,26)(H,27,29). The fourth-order valence-electron chi connectivity index (χ4n) is 4.00. The van der Waals surface area contributed by atoms with E-state index in [1.807, 2.05) is 24.3 Å². The highest BCUT2D eigenvalue weighted by molar-refractivity contribution is 6.30. The number of benzene rings is 2. The van der Waals surface area contributed by atoms with Gasteiger partial charge in [-0.15, -0.1) is 0 Å². The second-order valence-corrected chi connectivity index (χ2v) is 7.77. The molecule has 6 heteroatoms. The molecule has 150 valence electrons. The van der Waals surface area contributed by atoms with Gasteiger partial charge < -0.3 is 10.6 Å². The van der Waals surface area contributed by atoms with Gasteiger partial charge in [-0.05, 0) is 56.3 Å². The summed E-state index contributed by atoms with van der Waals surface area (Å²) in [5.74, 6) is -0.188. The Kier molecular flexibility index (Phi) is 5.97. The van der Waals surface area contributed by atoms with Crippen molar-refractivity contribution in [2.24, 2.45) is 0 Å². The summed E-state index contributed by atoms with van der Waals surface area (Å²) in [4.78, 5) is 20.0.